The van der Waals surface area contributed by atoms with Gasteiger partial charge in [-0.3, -0.25) is 4.98 Å². The van der Waals surface area contributed by atoms with E-state index in [9.17, 15) is 5.11 Å². The number of nitrogens with zero attached hydrogens (tertiary/aromatic N) is 2. The molecule has 5 aliphatic rings. The molecule has 0 radical (unpaired) electrons. The van der Waals surface area contributed by atoms with E-state index >= 15 is 0 Å². The highest BCUT2D eigenvalue weighted by Crippen LogP contribution is 2.61. The first-order chi connectivity index (χ1) is 16.9. The molecule has 0 spiro atoms. The van der Waals surface area contributed by atoms with E-state index < -0.39 is 6.23 Å². The summed E-state index contributed by atoms with van der Waals surface area (Å²) in [6, 6.07) is 8.35. The van der Waals surface area contributed by atoms with Gasteiger partial charge in [-0.05, 0) is 93.1 Å². The Morgan fingerprint density at radius 2 is 1.77 bits per heavy atom. The smallest absolute Gasteiger partial charge is 0.149 e. The largest absolute Gasteiger partial charge is 0.399 e. The van der Waals surface area contributed by atoms with E-state index in [1.165, 1.54) is 44.1 Å². The molecule has 2 unspecified atom stereocenters. The number of nitrogens with two attached hydrogens (primary N) is 1. The highest BCUT2D eigenvalue weighted by molar-refractivity contribution is 5.43. The maximum atomic E-state index is 10.9. The number of anilines is 1. The lowest BCUT2D eigenvalue weighted by Crippen LogP contribution is -2.47. The Labute approximate surface area is 209 Å². The number of aromatic nitrogens is 2. The van der Waals surface area contributed by atoms with Crippen molar-refractivity contribution in [1.29, 1.82) is 0 Å². The molecule has 4 N–H and O–H groups in total. The number of allylic oxidation sites excluding steroid dienone is 3. The Balaban J connectivity index is 1.26. The second-order valence-electron chi connectivity index (χ2n) is 11.9. The lowest BCUT2D eigenvalue weighted by Gasteiger charge is -2.57. The number of aryl methyl sites for hydroxylation is 1. The van der Waals surface area contributed by atoms with Crippen LogP contribution in [0.4, 0.5) is 5.82 Å². The first kappa shape index (κ1) is 22.8. The quantitative estimate of drug-likeness (QED) is 0.472. The van der Waals surface area contributed by atoms with Crippen LogP contribution in [0.5, 0.6) is 0 Å². The summed E-state index contributed by atoms with van der Waals surface area (Å²) in [6.07, 6.45) is 18.0. The molecule has 0 aliphatic heterocycles. The number of aliphatic hydroxyl groups is 1. The highest BCUT2D eigenvalue weighted by Gasteiger charge is 2.51. The molecular weight excluding hydrogens is 432 g/mol. The Morgan fingerprint density at radius 1 is 1.09 bits per heavy atom. The third-order valence-corrected chi connectivity index (χ3v) is 8.93. The van der Waals surface area contributed by atoms with Crippen molar-refractivity contribution in [3.05, 3.63) is 76.9 Å². The summed E-state index contributed by atoms with van der Waals surface area (Å²) >= 11 is 0. The summed E-state index contributed by atoms with van der Waals surface area (Å²) < 4.78 is 0. The summed E-state index contributed by atoms with van der Waals surface area (Å²) in [4.78, 5) is 10.1. The molecule has 35 heavy (non-hydrogen) atoms. The number of nitrogens with one attached hydrogen (secondary N) is 1. The zero-order valence-electron chi connectivity index (χ0n) is 20.8. The van der Waals surface area contributed by atoms with Gasteiger partial charge in [0.05, 0.1) is 17.6 Å². The average Bonchev–Trinajstić information content (AvgIpc) is 2.81. The van der Waals surface area contributed by atoms with Gasteiger partial charge in [0.1, 0.15) is 12.0 Å². The van der Waals surface area contributed by atoms with E-state index in [1.807, 2.05) is 12.3 Å². The van der Waals surface area contributed by atoms with Crippen LogP contribution in [0.1, 0.15) is 73.4 Å². The molecule has 1 aromatic carbocycles. The molecule has 2 aromatic rings. The van der Waals surface area contributed by atoms with Crippen LogP contribution in [-0.4, -0.2) is 21.3 Å². The zero-order chi connectivity index (χ0) is 24.0. The van der Waals surface area contributed by atoms with Crippen LogP contribution in [-0.2, 0) is 12.8 Å². The number of hydrogen-bond acceptors (Lipinski definition) is 5. The summed E-state index contributed by atoms with van der Waals surface area (Å²) in [6.45, 7) is 2.08. The van der Waals surface area contributed by atoms with Crippen molar-refractivity contribution in [1.82, 2.24) is 9.97 Å². The van der Waals surface area contributed by atoms with Gasteiger partial charge in [-0.2, -0.15) is 0 Å². The van der Waals surface area contributed by atoms with Crippen LogP contribution < -0.4 is 11.1 Å². The SMILES string of the molecule is Cc1ccc(CC(O)Nc2ncc(C3C=CC(N)=CC3)nc2CC23CC4CC(CC(C4)C2)C3)cc1. The van der Waals surface area contributed by atoms with Crippen molar-refractivity contribution < 1.29 is 5.11 Å². The van der Waals surface area contributed by atoms with Crippen LogP contribution in [0.25, 0.3) is 0 Å². The fourth-order valence-electron chi connectivity index (χ4n) is 7.74. The van der Waals surface area contributed by atoms with Gasteiger partial charge in [0.15, 0.2) is 0 Å². The van der Waals surface area contributed by atoms with Crippen LogP contribution in [0.3, 0.4) is 0 Å². The van der Waals surface area contributed by atoms with Crippen molar-refractivity contribution in [2.45, 2.75) is 76.9 Å². The van der Waals surface area contributed by atoms with Crippen molar-refractivity contribution in [2.75, 3.05) is 5.32 Å². The summed E-state index contributed by atoms with van der Waals surface area (Å²) in [7, 11) is 0. The molecule has 7 rings (SSSR count). The molecule has 184 valence electrons. The number of benzene rings is 1. The summed E-state index contributed by atoms with van der Waals surface area (Å²) in [5.74, 6) is 3.65. The predicted octanol–water partition coefficient (Wildman–Crippen LogP) is 5.40. The van der Waals surface area contributed by atoms with Crippen LogP contribution in [0, 0.1) is 30.1 Å². The molecule has 4 bridgehead atoms. The standard InChI is InChI=1S/C30H38N4O/c1-19-2-4-20(5-3-19)13-28(35)34-29-26(33-27(18-32-29)24-6-8-25(31)9-7-24)17-30-14-21-10-22(15-30)12-23(11-21)16-30/h2-6,8-9,18,21-24,28,35H,7,10-17,31H2,1H3,(H,32,34). The molecule has 4 saturated carbocycles. The molecule has 1 aromatic heterocycles. The molecule has 5 nitrogen and oxygen atoms in total. The minimum Gasteiger partial charge on any atom is -0.399 e. The predicted molar refractivity (Wildman–Crippen MR) is 140 cm³/mol. The molecule has 5 aliphatic carbocycles. The Morgan fingerprint density at radius 3 is 2.40 bits per heavy atom. The normalized spacial score (nSPS) is 31.9. The summed E-state index contributed by atoms with van der Waals surface area (Å²) in [5.41, 5.74) is 11.5. The second-order valence-corrected chi connectivity index (χ2v) is 11.9. The number of rotatable bonds is 7. The van der Waals surface area contributed by atoms with E-state index in [4.69, 9.17) is 15.7 Å². The minimum atomic E-state index is -0.703. The summed E-state index contributed by atoms with van der Waals surface area (Å²) in [5, 5.41) is 14.2. The molecule has 2 atom stereocenters. The monoisotopic (exact) mass is 470 g/mol. The van der Waals surface area contributed by atoms with E-state index in [0.717, 1.165) is 59.1 Å². The number of hydrogen-bond donors (Lipinski definition) is 3. The van der Waals surface area contributed by atoms with Gasteiger partial charge in [-0.25, -0.2) is 4.98 Å². The molecule has 0 amide bonds. The first-order valence-electron chi connectivity index (χ1n) is 13.4. The van der Waals surface area contributed by atoms with Crippen LogP contribution in [0.15, 0.2) is 54.4 Å². The van der Waals surface area contributed by atoms with Crippen LogP contribution in [0.2, 0.25) is 0 Å². The third kappa shape index (κ3) is 4.88. The van der Waals surface area contributed by atoms with E-state index in [-0.39, 0.29) is 5.92 Å². The highest BCUT2D eigenvalue weighted by atomic mass is 16.3. The van der Waals surface area contributed by atoms with E-state index in [0.29, 0.717) is 11.8 Å². The fraction of sp³-hybridized carbons (Fsp3) is 0.533. The molecule has 5 heteroatoms. The zero-order valence-corrected chi connectivity index (χ0v) is 20.8. The van der Waals surface area contributed by atoms with Gasteiger partial charge < -0.3 is 16.2 Å². The van der Waals surface area contributed by atoms with E-state index in [2.05, 4.69) is 48.7 Å². The molecule has 4 fully saturated rings. The molecule has 1 heterocycles. The Kier molecular flexibility index (Phi) is 5.92. The van der Waals surface area contributed by atoms with Crippen molar-refractivity contribution in [3.63, 3.8) is 0 Å². The lowest BCUT2D eigenvalue weighted by atomic mass is 9.48. The van der Waals surface area contributed by atoms with Crippen molar-refractivity contribution >= 4 is 5.82 Å². The van der Waals surface area contributed by atoms with Gasteiger partial charge in [0.2, 0.25) is 0 Å². The first-order valence-corrected chi connectivity index (χ1v) is 13.4. The maximum absolute atomic E-state index is 10.9. The second kappa shape index (κ2) is 9.09. The van der Waals surface area contributed by atoms with Gasteiger partial charge in [-0.15, -0.1) is 0 Å². The topological polar surface area (TPSA) is 84.1 Å². The van der Waals surface area contributed by atoms with E-state index in [1.54, 1.807) is 0 Å². The van der Waals surface area contributed by atoms with Crippen LogP contribution >= 0.6 is 0 Å². The van der Waals surface area contributed by atoms with Crippen molar-refractivity contribution in [2.24, 2.45) is 28.9 Å². The average molecular weight is 471 g/mol. The molecule has 0 saturated heterocycles. The Bertz CT molecular complexity index is 1100. The third-order valence-electron chi connectivity index (χ3n) is 8.93. The number of aliphatic hydroxyl groups excluding tert-OH is 1. The lowest BCUT2D eigenvalue weighted by molar-refractivity contribution is -0.0526. The van der Waals surface area contributed by atoms with Gasteiger partial charge >= 0.3 is 0 Å². The fourth-order valence-corrected chi connectivity index (χ4v) is 7.74. The minimum absolute atomic E-state index is 0.205. The molecular formula is C30H38N4O. The van der Waals surface area contributed by atoms with Gasteiger partial charge in [0, 0.05) is 18.0 Å². The van der Waals surface area contributed by atoms with Crippen molar-refractivity contribution in [3.8, 4) is 0 Å². The maximum Gasteiger partial charge on any atom is 0.149 e. The van der Waals surface area contributed by atoms with Gasteiger partial charge in [0.25, 0.3) is 0 Å². The van der Waals surface area contributed by atoms with Gasteiger partial charge in [-0.1, -0.05) is 42.0 Å². The Hall–Kier alpha value is -2.66.